The van der Waals surface area contributed by atoms with Crippen LogP contribution >= 0.6 is 22.9 Å². The second kappa shape index (κ2) is 4.00. The van der Waals surface area contributed by atoms with E-state index in [4.69, 9.17) is 0 Å². The number of thiophene rings is 1. The van der Waals surface area contributed by atoms with Gasteiger partial charge in [0.05, 0.1) is 10.2 Å². The van der Waals surface area contributed by atoms with E-state index in [0.717, 1.165) is 22.0 Å². The van der Waals surface area contributed by atoms with Gasteiger partial charge in [-0.25, -0.2) is 0 Å². The van der Waals surface area contributed by atoms with Gasteiger partial charge in [-0.15, -0.1) is 11.3 Å². The molecule has 90 valence electrons. The summed E-state index contributed by atoms with van der Waals surface area (Å²) in [6.45, 7) is 0. The highest BCUT2D eigenvalue weighted by molar-refractivity contribution is 7.17. The number of pyridine rings is 1. The molecular weight excluding hydrogens is 264 g/mol. The molecule has 0 bridgehead atoms. The van der Waals surface area contributed by atoms with Crippen LogP contribution in [0.15, 0.2) is 23.7 Å². The Morgan fingerprint density at radius 2 is 2.28 bits per heavy atom. The van der Waals surface area contributed by atoms with Crippen molar-refractivity contribution in [2.75, 3.05) is 5.32 Å². The molecule has 0 unspecified atom stereocenters. The number of hydrogen-bond acceptors (Lipinski definition) is 6. The quantitative estimate of drug-likeness (QED) is 0.795. The first kappa shape index (κ1) is 10.4. The highest BCUT2D eigenvalue weighted by Gasteiger charge is 2.22. The topological polar surface area (TPSA) is 50.7 Å². The number of hydrogen-bond donors (Lipinski definition) is 1. The number of nitrogens with one attached hydrogen (secondary N) is 1. The lowest BCUT2D eigenvalue weighted by Gasteiger charge is -1.96. The predicted molar refractivity (Wildman–Crippen MR) is 75.2 cm³/mol. The van der Waals surface area contributed by atoms with Gasteiger partial charge in [-0.1, -0.05) is 0 Å². The Bertz CT molecular complexity index is 699. The zero-order valence-corrected chi connectivity index (χ0v) is 11.1. The number of anilines is 1. The maximum Gasteiger partial charge on any atom is 0.203 e. The van der Waals surface area contributed by atoms with Crippen LogP contribution in [-0.4, -0.2) is 20.4 Å². The fourth-order valence-corrected chi connectivity index (χ4v) is 3.22. The van der Waals surface area contributed by atoms with Gasteiger partial charge < -0.3 is 5.32 Å². The minimum absolute atomic E-state index is 0.615. The van der Waals surface area contributed by atoms with E-state index in [2.05, 4.69) is 31.1 Å². The number of nitrogens with zero attached hydrogens (tertiary/aromatic N) is 3. The SMILES string of the molecule is c1cc2ncc(-c3nsc(NC4CC4)n3)cc2s1. The normalized spacial score (nSPS) is 15.1. The van der Waals surface area contributed by atoms with Crippen molar-refractivity contribution in [1.82, 2.24) is 14.3 Å². The second-order valence-corrected chi connectivity index (χ2v) is 6.07. The minimum Gasteiger partial charge on any atom is -0.358 e. The second-order valence-electron chi connectivity index (χ2n) is 4.37. The van der Waals surface area contributed by atoms with Crippen LogP contribution in [0.3, 0.4) is 0 Å². The molecule has 1 N–H and O–H groups in total. The van der Waals surface area contributed by atoms with E-state index in [0.29, 0.717) is 6.04 Å². The first-order valence-corrected chi connectivity index (χ1v) is 7.48. The van der Waals surface area contributed by atoms with Crippen molar-refractivity contribution in [1.29, 1.82) is 0 Å². The van der Waals surface area contributed by atoms with Gasteiger partial charge in [-0.2, -0.15) is 9.36 Å². The van der Waals surface area contributed by atoms with Crippen molar-refractivity contribution >= 4 is 38.2 Å². The summed E-state index contributed by atoms with van der Waals surface area (Å²) in [7, 11) is 0. The predicted octanol–water partition coefficient (Wildman–Crippen LogP) is 3.39. The summed E-state index contributed by atoms with van der Waals surface area (Å²) in [6, 6.07) is 4.75. The lowest BCUT2D eigenvalue weighted by atomic mass is 10.2. The van der Waals surface area contributed by atoms with E-state index >= 15 is 0 Å². The third-order valence-corrected chi connectivity index (χ3v) is 4.39. The Balaban J connectivity index is 1.69. The van der Waals surface area contributed by atoms with Gasteiger partial charge in [0.25, 0.3) is 0 Å². The van der Waals surface area contributed by atoms with Crippen molar-refractivity contribution < 1.29 is 0 Å². The van der Waals surface area contributed by atoms with Gasteiger partial charge in [-0.05, 0) is 30.4 Å². The largest absolute Gasteiger partial charge is 0.358 e. The first-order valence-electron chi connectivity index (χ1n) is 5.82. The molecule has 1 aliphatic rings. The van der Waals surface area contributed by atoms with Crippen molar-refractivity contribution in [3.05, 3.63) is 23.7 Å². The Kier molecular flexibility index (Phi) is 2.31. The van der Waals surface area contributed by atoms with Crippen molar-refractivity contribution in [3.63, 3.8) is 0 Å². The Morgan fingerprint density at radius 1 is 1.33 bits per heavy atom. The Hall–Kier alpha value is -1.53. The van der Waals surface area contributed by atoms with Gasteiger partial charge in [0.2, 0.25) is 5.13 Å². The molecule has 4 rings (SSSR count). The lowest BCUT2D eigenvalue weighted by molar-refractivity contribution is 1.14. The Morgan fingerprint density at radius 3 is 3.17 bits per heavy atom. The standard InChI is InChI=1S/C12H10N4S2/c1-2-8(1)14-12-15-11(16-18-12)7-5-10-9(13-6-7)3-4-17-10/h3-6,8H,1-2H2,(H,14,15,16). The third-order valence-electron chi connectivity index (χ3n) is 2.89. The summed E-state index contributed by atoms with van der Waals surface area (Å²) in [6.07, 6.45) is 4.34. The summed E-state index contributed by atoms with van der Waals surface area (Å²) in [5, 5.41) is 6.33. The molecule has 0 aromatic carbocycles. The number of aromatic nitrogens is 3. The van der Waals surface area contributed by atoms with Crippen molar-refractivity contribution in [3.8, 4) is 11.4 Å². The molecule has 0 atom stereocenters. The van der Waals surface area contributed by atoms with E-state index < -0.39 is 0 Å². The molecule has 3 aromatic heterocycles. The molecule has 1 aliphatic carbocycles. The summed E-state index contributed by atoms with van der Waals surface area (Å²) in [5.74, 6) is 0.769. The maximum atomic E-state index is 4.51. The molecule has 1 fully saturated rings. The molecule has 1 saturated carbocycles. The maximum absolute atomic E-state index is 4.51. The molecule has 0 spiro atoms. The average molecular weight is 274 g/mol. The van der Waals surface area contributed by atoms with Crippen molar-refractivity contribution in [2.45, 2.75) is 18.9 Å². The molecule has 3 aromatic rings. The molecule has 0 amide bonds. The fourth-order valence-electron chi connectivity index (χ4n) is 1.77. The molecule has 3 heterocycles. The Labute approximate surface area is 112 Å². The first-order chi connectivity index (χ1) is 8.88. The van der Waals surface area contributed by atoms with Crippen LogP contribution in [0.4, 0.5) is 5.13 Å². The summed E-state index contributed by atoms with van der Waals surface area (Å²) in [4.78, 5) is 8.93. The van der Waals surface area contributed by atoms with Crippen molar-refractivity contribution in [2.24, 2.45) is 0 Å². The van der Waals surface area contributed by atoms with Gasteiger partial charge in [-0.3, -0.25) is 4.98 Å². The van der Waals surface area contributed by atoms with Gasteiger partial charge in [0.1, 0.15) is 0 Å². The van der Waals surface area contributed by atoms with Crippen LogP contribution in [0.2, 0.25) is 0 Å². The van der Waals surface area contributed by atoms with Gasteiger partial charge >= 0.3 is 0 Å². The van der Waals surface area contributed by atoms with E-state index in [1.165, 1.54) is 29.1 Å². The molecular formula is C12H10N4S2. The van der Waals surface area contributed by atoms with Crippen LogP contribution in [0.25, 0.3) is 21.6 Å². The monoisotopic (exact) mass is 274 g/mol. The number of rotatable bonds is 3. The smallest absolute Gasteiger partial charge is 0.203 e. The van der Waals surface area contributed by atoms with E-state index in [-0.39, 0.29) is 0 Å². The lowest BCUT2D eigenvalue weighted by Crippen LogP contribution is -1.99. The molecule has 18 heavy (non-hydrogen) atoms. The van der Waals surface area contributed by atoms with Gasteiger partial charge in [0, 0.05) is 29.3 Å². The molecule has 0 saturated heterocycles. The van der Waals surface area contributed by atoms with Crippen LogP contribution in [0, 0.1) is 0 Å². The number of fused-ring (bicyclic) bond motifs is 1. The average Bonchev–Trinajstić information content (AvgIpc) is 2.91. The fraction of sp³-hybridized carbons (Fsp3) is 0.250. The molecule has 6 heteroatoms. The van der Waals surface area contributed by atoms with E-state index in [1.807, 2.05) is 12.3 Å². The molecule has 4 nitrogen and oxygen atoms in total. The minimum atomic E-state index is 0.615. The van der Waals surface area contributed by atoms with Crippen LogP contribution in [-0.2, 0) is 0 Å². The zero-order valence-electron chi connectivity index (χ0n) is 9.46. The summed E-state index contributed by atoms with van der Waals surface area (Å²) in [5.41, 5.74) is 2.03. The third kappa shape index (κ3) is 1.87. The summed E-state index contributed by atoms with van der Waals surface area (Å²) >= 11 is 3.12. The highest BCUT2D eigenvalue weighted by Crippen LogP contribution is 2.29. The van der Waals surface area contributed by atoms with Crippen LogP contribution in [0.1, 0.15) is 12.8 Å². The molecule has 0 radical (unpaired) electrons. The van der Waals surface area contributed by atoms with E-state index in [9.17, 15) is 0 Å². The molecule has 0 aliphatic heterocycles. The zero-order chi connectivity index (χ0) is 11.9. The van der Waals surface area contributed by atoms with Crippen LogP contribution in [0.5, 0.6) is 0 Å². The highest BCUT2D eigenvalue weighted by atomic mass is 32.1. The van der Waals surface area contributed by atoms with Gasteiger partial charge in [0.15, 0.2) is 5.82 Å². The summed E-state index contributed by atoms with van der Waals surface area (Å²) < 4.78 is 5.57. The van der Waals surface area contributed by atoms with Crippen LogP contribution < -0.4 is 5.32 Å². The van der Waals surface area contributed by atoms with E-state index in [1.54, 1.807) is 11.3 Å².